The molecule has 0 aliphatic heterocycles. The third kappa shape index (κ3) is 3.52. The van der Waals surface area contributed by atoms with Crippen LogP contribution < -0.4 is 5.32 Å². The summed E-state index contributed by atoms with van der Waals surface area (Å²) in [5.74, 6) is 0. The molecule has 0 spiro atoms. The summed E-state index contributed by atoms with van der Waals surface area (Å²) in [4.78, 5) is 6.06. The molecule has 1 aromatic rings. The van der Waals surface area contributed by atoms with E-state index in [-0.39, 0.29) is 0 Å². The van der Waals surface area contributed by atoms with Crippen LogP contribution in [0.15, 0.2) is 18.5 Å². The maximum Gasteiger partial charge on any atom is 0.0820 e. The monoisotopic (exact) mass is 213 g/mol. The number of hydrogen-bond acceptors (Lipinski definition) is 3. The molecule has 14 heavy (non-hydrogen) atoms. The fourth-order valence-corrected chi connectivity index (χ4v) is 1.52. The van der Waals surface area contributed by atoms with E-state index in [1.165, 1.54) is 0 Å². The van der Waals surface area contributed by atoms with Crippen LogP contribution in [0.2, 0.25) is 5.02 Å². The number of halogens is 1. The Hall–Kier alpha value is -0.800. The van der Waals surface area contributed by atoms with Crippen LogP contribution in [0.4, 0.5) is 5.69 Å². The lowest BCUT2D eigenvalue weighted by atomic mass is 10.3. The number of rotatable bonds is 4. The van der Waals surface area contributed by atoms with Gasteiger partial charge in [0.15, 0.2) is 0 Å². The van der Waals surface area contributed by atoms with E-state index in [4.69, 9.17) is 11.6 Å². The first kappa shape index (κ1) is 11.3. The Balaban J connectivity index is 2.56. The number of nitrogens with zero attached hydrogens (tertiary/aromatic N) is 2. The van der Waals surface area contributed by atoms with Gasteiger partial charge in [-0.15, -0.1) is 0 Å². The fraction of sp³-hybridized carbons (Fsp3) is 0.500. The van der Waals surface area contributed by atoms with Crippen molar-refractivity contribution in [1.29, 1.82) is 0 Å². The molecule has 4 heteroatoms. The van der Waals surface area contributed by atoms with Gasteiger partial charge >= 0.3 is 0 Å². The lowest BCUT2D eigenvalue weighted by Gasteiger charge is -2.19. The summed E-state index contributed by atoms with van der Waals surface area (Å²) in [6.07, 6.45) is 3.38. The van der Waals surface area contributed by atoms with Crippen LogP contribution >= 0.6 is 11.6 Å². The number of nitrogens with one attached hydrogen (secondary N) is 1. The van der Waals surface area contributed by atoms with Gasteiger partial charge in [0.1, 0.15) is 0 Å². The van der Waals surface area contributed by atoms with Gasteiger partial charge in [-0.3, -0.25) is 4.98 Å². The Labute approximate surface area is 90.1 Å². The lowest BCUT2D eigenvalue weighted by molar-refractivity contribution is 0.392. The molecule has 0 aromatic carbocycles. The van der Waals surface area contributed by atoms with Gasteiger partial charge < -0.3 is 10.2 Å². The molecule has 1 heterocycles. The number of aromatic nitrogens is 1. The molecule has 0 fully saturated rings. The van der Waals surface area contributed by atoms with Gasteiger partial charge in [-0.1, -0.05) is 11.6 Å². The lowest BCUT2D eigenvalue weighted by Crippen LogP contribution is -2.29. The van der Waals surface area contributed by atoms with Crippen LogP contribution in [0.5, 0.6) is 0 Å². The minimum atomic E-state index is 0.366. The van der Waals surface area contributed by atoms with Crippen LogP contribution in [0.1, 0.15) is 6.92 Å². The minimum absolute atomic E-state index is 0.366. The van der Waals surface area contributed by atoms with E-state index >= 15 is 0 Å². The average Bonchev–Trinajstić information content (AvgIpc) is 2.07. The summed E-state index contributed by atoms with van der Waals surface area (Å²) >= 11 is 5.97. The first-order chi connectivity index (χ1) is 6.59. The zero-order valence-corrected chi connectivity index (χ0v) is 9.54. The van der Waals surface area contributed by atoms with Crippen molar-refractivity contribution in [2.45, 2.75) is 13.0 Å². The second-order valence-corrected chi connectivity index (χ2v) is 4.07. The van der Waals surface area contributed by atoms with Gasteiger partial charge in [-0.25, -0.2) is 0 Å². The first-order valence-electron chi connectivity index (χ1n) is 4.60. The maximum atomic E-state index is 5.97. The maximum absolute atomic E-state index is 5.97. The highest BCUT2D eigenvalue weighted by Gasteiger charge is 2.05. The zero-order valence-electron chi connectivity index (χ0n) is 8.79. The minimum Gasteiger partial charge on any atom is -0.380 e. The van der Waals surface area contributed by atoms with Crippen LogP contribution in [-0.2, 0) is 0 Å². The number of hydrogen-bond donors (Lipinski definition) is 1. The van der Waals surface area contributed by atoms with E-state index in [1.54, 1.807) is 12.4 Å². The number of anilines is 1. The second-order valence-electron chi connectivity index (χ2n) is 3.66. The van der Waals surface area contributed by atoms with E-state index < -0.39 is 0 Å². The highest BCUT2D eigenvalue weighted by atomic mass is 35.5. The molecule has 1 unspecified atom stereocenters. The van der Waals surface area contributed by atoms with Crippen LogP contribution in [-0.4, -0.2) is 36.6 Å². The standard InChI is InChI=1S/C10H16ClN3/c1-8(7-14(2)3)13-10-4-5-12-6-9(10)11/h4-6,8H,7H2,1-3H3,(H,12,13). The molecule has 1 aromatic heterocycles. The Morgan fingerprint density at radius 1 is 1.57 bits per heavy atom. The molecular formula is C10H16ClN3. The third-order valence-corrected chi connectivity index (χ3v) is 2.11. The molecule has 3 nitrogen and oxygen atoms in total. The molecule has 0 bridgehead atoms. The summed E-state index contributed by atoms with van der Waals surface area (Å²) in [7, 11) is 4.10. The third-order valence-electron chi connectivity index (χ3n) is 1.81. The highest BCUT2D eigenvalue weighted by molar-refractivity contribution is 6.33. The molecule has 0 saturated heterocycles. The molecule has 1 atom stereocenters. The summed E-state index contributed by atoms with van der Waals surface area (Å²) in [6.45, 7) is 3.09. The van der Waals surface area contributed by atoms with E-state index in [0.29, 0.717) is 11.1 Å². The predicted octanol–water partition coefficient (Wildman–Crippen LogP) is 2.10. The molecule has 1 N–H and O–H groups in total. The Morgan fingerprint density at radius 2 is 2.29 bits per heavy atom. The molecule has 0 amide bonds. The van der Waals surface area contributed by atoms with E-state index in [0.717, 1.165) is 12.2 Å². The molecule has 0 saturated carbocycles. The molecule has 0 radical (unpaired) electrons. The Morgan fingerprint density at radius 3 is 2.86 bits per heavy atom. The van der Waals surface area contributed by atoms with Crippen molar-refractivity contribution in [2.24, 2.45) is 0 Å². The number of pyridine rings is 1. The van der Waals surface area contributed by atoms with E-state index in [1.807, 2.05) is 20.2 Å². The van der Waals surface area contributed by atoms with Gasteiger partial charge in [0, 0.05) is 25.0 Å². The summed E-state index contributed by atoms with van der Waals surface area (Å²) in [5, 5.41) is 3.99. The van der Waals surface area contributed by atoms with Crippen molar-refractivity contribution >= 4 is 17.3 Å². The second kappa shape index (κ2) is 5.17. The molecule has 78 valence electrons. The van der Waals surface area contributed by atoms with Crippen LogP contribution in [0, 0.1) is 0 Å². The summed E-state index contributed by atoms with van der Waals surface area (Å²) < 4.78 is 0. The quantitative estimate of drug-likeness (QED) is 0.831. The van der Waals surface area contributed by atoms with Crippen molar-refractivity contribution in [3.63, 3.8) is 0 Å². The topological polar surface area (TPSA) is 28.2 Å². The molecular weight excluding hydrogens is 198 g/mol. The van der Waals surface area contributed by atoms with Gasteiger partial charge in [0.05, 0.1) is 10.7 Å². The van der Waals surface area contributed by atoms with Gasteiger partial charge in [-0.05, 0) is 27.1 Å². The van der Waals surface area contributed by atoms with Crippen molar-refractivity contribution in [1.82, 2.24) is 9.88 Å². The predicted molar refractivity (Wildman–Crippen MR) is 60.9 cm³/mol. The normalized spacial score (nSPS) is 12.9. The van der Waals surface area contributed by atoms with Crippen LogP contribution in [0.25, 0.3) is 0 Å². The highest BCUT2D eigenvalue weighted by Crippen LogP contribution is 2.19. The number of likely N-dealkylation sites (N-methyl/N-ethyl adjacent to an activating group) is 1. The zero-order chi connectivity index (χ0) is 10.6. The van der Waals surface area contributed by atoms with E-state index in [9.17, 15) is 0 Å². The van der Waals surface area contributed by atoms with Gasteiger partial charge in [0.2, 0.25) is 0 Å². The van der Waals surface area contributed by atoms with Crippen LogP contribution in [0.3, 0.4) is 0 Å². The smallest absolute Gasteiger partial charge is 0.0820 e. The summed E-state index contributed by atoms with van der Waals surface area (Å²) in [5.41, 5.74) is 0.941. The summed E-state index contributed by atoms with van der Waals surface area (Å²) in [6, 6.07) is 2.25. The largest absolute Gasteiger partial charge is 0.380 e. The molecule has 1 rings (SSSR count). The van der Waals surface area contributed by atoms with Crippen molar-refractivity contribution in [3.8, 4) is 0 Å². The first-order valence-corrected chi connectivity index (χ1v) is 4.98. The van der Waals surface area contributed by atoms with E-state index in [2.05, 4.69) is 22.1 Å². The van der Waals surface area contributed by atoms with Crippen molar-refractivity contribution < 1.29 is 0 Å². The molecule has 0 aliphatic rings. The SMILES string of the molecule is CC(CN(C)C)Nc1ccncc1Cl. The molecule has 0 aliphatic carbocycles. The van der Waals surface area contributed by atoms with Crippen molar-refractivity contribution in [3.05, 3.63) is 23.5 Å². The fourth-order valence-electron chi connectivity index (χ4n) is 1.35. The van der Waals surface area contributed by atoms with Gasteiger partial charge in [-0.2, -0.15) is 0 Å². The van der Waals surface area contributed by atoms with Crippen molar-refractivity contribution in [2.75, 3.05) is 26.0 Å². The van der Waals surface area contributed by atoms with Gasteiger partial charge in [0.25, 0.3) is 0 Å². The Kier molecular flexibility index (Phi) is 4.17. The Bertz CT molecular complexity index is 288. The average molecular weight is 214 g/mol.